The molecule has 9 radical (unpaired) electrons. The zero-order chi connectivity index (χ0) is 109. The quantitative estimate of drug-likeness (QED) is 0.0122. The number of hydrogen-bond donors (Lipinski definition) is 9. The third-order valence-electron chi connectivity index (χ3n) is 25.1. The molecule has 27 nitrogen and oxygen atoms in total. The number of nitrogens with zero attached hydrogens (tertiary/aromatic N) is 18. The number of aliphatic hydroxyl groups is 9. The van der Waals surface area contributed by atoms with E-state index in [0.29, 0.717) is 44.0 Å². The summed E-state index contributed by atoms with van der Waals surface area (Å²) >= 11 is 0. The molecule has 0 saturated heterocycles. The normalized spacial score (nSPS) is 15.4. The van der Waals surface area contributed by atoms with Gasteiger partial charge in [-0.25, -0.2) is 0 Å². The Bertz CT molecular complexity index is 3440. The predicted octanol–water partition coefficient (Wildman–Crippen LogP) is 18.1. The van der Waals surface area contributed by atoms with Crippen LogP contribution in [0.15, 0.2) is 70.2 Å². The molecule has 0 bridgehead atoms. The molecule has 0 heterocycles. The minimum Gasteiger partial charge on any atom is -0.386 e. The molecule has 40 heteroatoms. The summed E-state index contributed by atoms with van der Waals surface area (Å²) in [5, 5.41) is 91.9. The summed E-state index contributed by atoms with van der Waals surface area (Å²) < 4.78 is 0. The third kappa shape index (κ3) is 62.9. The fourth-order valence-corrected chi connectivity index (χ4v) is 26.1. The Balaban J connectivity index is -0.0000000764. The molecule has 0 spiro atoms. The van der Waals surface area contributed by atoms with Crippen LogP contribution in [-0.4, -0.2) is 407 Å². The molecule has 0 rings (SSSR count). The molecule has 7 atom stereocenters. The van der Waals surface area contributed by atoms with Gasteiger partial charge in [0.2, 0.25) is 0 Å². The Hall–Kier alpha value is -0.224. The minimum atomic E-state index is -1.75. The fourth-order valence-electron chi connectivity index (χ4n) is 15.5. The standard InChI is InChI=1S/C14H32N2OSi.C13H30N2OSi.C13H28N2O.C12H26N2O.C11H26N2OSi.C11H24N2O.C10H24N2OSi.C10H20N2O.C9H18N2O.9Co/c1-9-18(10-2,11-3)14(6,17)13(16(7)8)15-12(4)5;1-8-14-12(15(6)7)13(5,16)17(9-2,10-3)11-4;1-9(2)13(16,10(3)4)12(15(7)8)14-11(5)6;1-8-12(15,9(2)3)11(14(6)7)13-10(4)5;1-9(2)12-10(13(4)5)11(3,14)15(6,7)8;1-7-11(14,8-2)10(13(5)6)12-9(3)4;1-8-11-9(12(3)4)10(2,13)14(5,6)7;1-7-10(4,13)9(12(5)6)11-8(2)3;1-6-9(3,12)8(10-7-2)11(4)5;;;;;;;;;/h12,17H,9-11H2,1-8H3;16H,8-11H2,1-7H3;9-11,16H,1-8H3;9-10,15H,8H2,1-7H3;9,14H,1-8H3;9,14H,7-8H2,1-6H3;13H,8H2,1-7H3;7-8,13H,1H2,2-6H3;6,12H,1,7H2,2-5H3;;;;;;;;;. The maximum absolute atomic E-state index is 11.2. The van der Waals surface area contributed by atoms with E-state index in [1.165, 1.54) is 12.2 Å². The molecule has 0 aromatic heterocycles. The van der Waals surface area contributed by atoms with Gasteiger partial charge in [-0.15, -0.1) is 0 Å². The molecule has 0 aliphatic heterocycles. The van der Waals surface area contributed by atoms with Crippen LogP contribution in [0.5, 0.6) is 0 Å². The van der Waals surface area contributed by atoms with E-state index in [1.54, 1.807) is 18.7 Å². The van der Waals surface area contributed by atoms with Crippen LogP contribution in [0.3, 0.4) is 0 Å². The SMILES string of the molecule is C=CC(C)(O)C(=NC(C)C)N(C)C.C=CC(C)(O)C(=NCC)N(C)C.CC(C)N=C(N(C)C)C(C)(O)[Si](C)(C)C.CC(C)N=C(N(C)C)C(O)(C(C)C)C(C)C.CCC(O)(C(=NC(C)C)N(C)C)C(C)C.CCC(O)(CC)C(=NC(C)C)N(C)C.CCN=C(N(C)C)C(C)(O)[Si](C)(C)C.CCN=C(N(C)C)C(C)(O)[Si](CC)(CC)CC.CC[Si](CC)(CC)C(C)(O)C(=NC(C)C)N(C)C.[Co].[Co].[Co].[Co].[Co].[Co].[Co].[Co].[Co]. The maximum Gasteiger partial charge on any atom is 0.136 e. The first kappa shape index (κ1) is 184. The van der Waals surface area contributed by atoms with Crippen molar-refractivity contribution in [2.75, 3.05) is 146 Å². The number of likely N-dealkylation sites (N-methyl/N-ethyl adjacent to an activating group) is 9. The van der Waals surface area contributed by atoms with Crippen molar-refractivity contribution in [3.63, 3.8) is 0 Å². The van der Waals surface area contributed by atoms with Crippen LogP contribution in [0.25, 0.3) is 0 Å². The molecule has 0 aromatic rings. The van der Waals surface area contributed by atoms with Gasteiger partial charge < -0.3 is 90.1 Å². The third-order valence-corrected chi connectivity index (χ3v) is 44.1. The van der Waals surface area contributed by atoms with Crippen LogP contribution < -0.4 is 0 Å². The summed E-state index contributed by atoms with van der Waals surface area (Å²) in [6, 6.07) is 7.81. The average molecular weight is 2510 g/mol. The summed E-state index contributed by atoms with van der Waals surface area (Å²) in [5.41, 5.74) is -4.51. The van der Waals surface area contributed by atoms with Crippen LogP contribution in [0.2, 0.25) is 75.5 Å². The van der Waals surface area contributed by atoms with Crippen molar-refractivity contribution in [2.24, 2.45) is 62.7 Å². The van der Waals surface area contributed by atoms with E-state index in [2.05, 4.69) is 153 Å². The molecule has 881 valence electrons. The van der Waals surface area contributed by atoms with Gasteiger partial charge in [0.15, 0.2) is 0 Å². The van der Waals surface area contributed by atoms with Crippen molar-refractivity contribution in [1.82, 2.24) is 44.1 Å². The molecule has 0 fully saturated rings. The van der Waals surface area contributed by atoms with Gasteiger partial charge in [0, 0.05) is 334 Å². The summed E-state index contributed by atoms with van der Waals surface area (Å²) in [6.07, 6.45) is 5.07. The van der Waals surface area contributed by atoms with E-state index in [4.69, 9.17) is 0 Å². The second-order valence-electron chi connectivity index (χ2n) is 43.2. The topological polar surface area (TPSA) is 322 Å². The van der Waals surface area contributed by atoms with E-state index in [1.807, 2.05) is 346 Å². The van der Waals surface area contributed by atoms with E-state index < -0.39 is 81.2 Å². The van der Waals surface area contributed by atoms with Gasteiger partial charge in [0.05, 0.1) is 32.3 Å². The van der Waals surface area contributed by atoms with Gasteiger partial charge in [-0.05, 0) is 182 Å². The zero-order valence-corrected chi connectivity index (χ0v) is 116. The molecule has 7 unspecified atom stereocenters. The molecule has 0 aliphatic carbocycles. The second-order valence-corrected chi connectivity index (χ2v) is 65.5. The second kappa shape index (κ2) is 85.0. The molecular weight excluding hydrogens is 2280 g/mol. The van der Waals surface area contributed by atoms with Crippen LogP contribution in [0.4, 0.5) is 0 Å². The van der Waals surface area contributed by atoms with Crippen molar-refractivity contribution < 1.29 is 197 Å². The number of rotatable bonds is 36. The van der Waals surface area contributed by atoms with Gasteiger partial charge in [-0.1, -0.05) is 205 Å². The number of hydrogen-bond acceptors (Lipinski definition) is 18. The predicted molar refractivity (Wildman–Crippen MR) is 608 cm³/mol. The van der Waals surface area contributed by atoms with Crippen molar-refractivity contribution >= 4 is 84.8 Å². The zero-order valence-electron chi connectivity index (χ0n) is 102. The molecule has 0 amide bonds. The fraction of sp³-hybridized carbons (Fsp3) is 0.874. The van der Waals surface area contributed by atoms with E-state index in [-0.39, 0.29) is 205 Å². The molecule has 143 heavy (non-hydrogen) atoms. The van der Waals surface area contributed by atoms with Crippen molar-refractivity contribution in [1.29, 1.82) is 0 Å². The van der Waals surface area contributed by atoms with Crippen molar-refractivity contribution in [3.8, 4) is 0 Å². The van der Waals surface area contributed by atoms with E-state index in [9.17, 15) is 46.0 Å². The molecule has 0 saturated carbocycles. The Morgan fingerprint density at radius 2 is 0.434 bits per heavy atom. The largest absolute Gasteiger partial charge is 0.386 e. The van der Waals surface area contributed by atoms with E-state index in [0.717, 1.165) is 83.7 Å². The van der Waals surface area contributed by atoms with Crippen LogP contribution in [-0.2, 0) is 151 Å². The number of aliphatic imine (C=N–C) groups is 9. The first-order valence-electron chi connectivity index (χ1n) is 50.2. The first-order valence-corrected chi connectivity index (χ1v) is 62.4. The monoisotopic (exact) mass is 2500 g/mol. The molecular formula is C103H228Co9N18O9Si4. The maximum atomic E-state index is 11.2. The minimum absolute atomic E-state index is 0. The van der Waals surface area contributed by atoms with Crippen molar-refractivity contribution in [3.05, 3.63) is 25.3 Å². The van der Waals surface area contributed by atoms with Gasteiger partial charge >= 0.3 is 0 Å². The summed E-state index contributed by atoms with van der Waals surface area (Å²) in [7, 11) is 27.9. The van der Waals surface area contributed by atoms with Gasteiger partial charge in [-0.2, -0.15) is 0 Å². The first-order chi connectivity index (χ1) is 60.2. The smallest absolute Gasteiger partial charge is 0.136 e. The van der Waals surface area contributed by atoms with E-state index >= 15 is 0 Å². The van der Waals surface area contributed by atoms with Crippen molar-refractivity contribution in [2.45, 2.75) is 429 Å². The molecule has 0 aliphatic rings. The molecule has 0 aromatic carbocycles. The Morgan fingerprint density at radius 1 is 0.252 bits per heavy atom. The Labute approximate surface area is 980 Å². The summed E-state index contributed by atoms with van der Waals surface area (Å²) in [5.74, 6) is 7.42. The van der Waals surface area contributed by atoms with Crippen LogP contribution in [0, 0.1) is 17.8 Å². The van der Waals surface area contributed by atoms with Gasteiger partial charge in [0.25, 0.3) is 0 Å². The van der Waals surface area contributed by atoms with Crippen LogP contribution in [0.1, 0.15) is 269 Å². The molecule has 9 N–H and O–H groups in total. The average Bonchev–Trinajstić information content (AvgIpc) is 0.771. The summed E-state index contributed by atoms with van der Waals surface area (Å²) in [6.45, 7) is 95.0. The van der Waals surface area contributed by atoms with Gasteiger partial charge in [-0.3, -0.25) is 44.9 Å². The summed E-state index contributed by atoms with van der Waals surface area (Å²) in [4.78, 5) is 57.5. The van der Waals surface area contributed by atoms with Gasteiger partial charge in [0.1, 0.15) is 101 Å². The Kier molecular flexibility index (Phi) is 110. The number of amidine groups is 9. The Morgan fingerprint density at radius 3 is 0.615 bits per heavy atom. The van der Waals surface area contributed by atoms with Crippen LogP contribution >= 0.6 is 0 Å².